The Bertz CT molecular complexity index is 287. The number of hydrogen-bond acceptors (Lipinski definition) is 3. The predicted molar refractivity (Wildman–Crippen MR) is 89.5 cm³/mol. The van der Waals surface area contributed by atoms with E-state index in [0.717, 1.165) is 24.9 Å². The lowest BCUT2D eigenvalue weighted by Crippen LogP contribution is -2.50. The predicted octanol–water partition coefficient (Wildman–Crippen LogP) is 3.03. The van der Waals surface area contributed by atoms with Crippen molar-refractivity contribution < 1.29 is 5.11 Å². The molecule has 0 amide bonds. The summed E-state index contributed by atoms with van der Waals surface area (Å²) >= 11 is 0. The zero-order valence-corrected chi connectivity index (χ0v) is 14.4. The lowest BCUT2D eigenvalue weighted by Gasteiger charge is -2.42. The second-order valence-electron chi connectivity index (χ2n) is 7.83. The van der Waals surface area contributed by atoms with E-state index < -0.39 is 0 Å². The van der Waals surface area contributed by atoms with Crippen LogP contribution in [0.2, 0.25) is 0 Å². The van der Waals surface area contributed by atoms with Crippen molar-refractivity contribution in [3.63, 3.8) is 0 Å². The monoisotopic (exact) mass is 296 g/mol. The molecule has 1 saturated carbocycles. The van der Waals surface area contributed by atoms with Crippen LogP contribution in [0.4, 0.5) is 0 Å². The first-order chi connectivity index (χ1) is 10.1. The number of piperidine rings is 1. The molecule has 2 aliphatic rings. The summed E-state index contributed by atoms with van der Waals surface area (Å²) in [6.07, 6.45) is 8.91. The van der Waals surface area contributed by atoms with Crippen molar-refractivity contribution in [3.8, 4) is 0 Å². The number of hydrogen-bond donors (Lipinski definition) is 2. The molecule has 0 aromatic heterocycles. The minimum absolute atomic E-state index is 0.179. The van der Waals surface area contributed by atoms with Gasteiger partial charge in [-0.05, 0) is 57.0 Å². The van der Waals surface area contributed by atoms with E-state index >= 15 is 0 Å². The molecule has 3 unspecified atom stereocenters. The first-order valence-electron chi connectivity index (χ1n) is 9.21. The van der Waals surface area contributed by atoms with Gasteiger partial charge in [-0.15, -0.1) is 0 Å². The number of rotatable bonds is 6. The molecule has 1 aliphatic heterocycles. The van der Waals surface area contributed by atoms with E-state index in [4.69, 9.17) is 0 Å². The maximum atomic E-state index is 9.97. The molecule has 2 fully saturated rings. The van der Waals surface area contributed by atoms with Crippen molar-refractivity contribution in [2.24, 2.45) is 11.8 Å². The van der Waals surface area contributed by atoms with Crippen molar-refractivity contribution in [1.29, 1.82) is 0 Å². The SMILES string of the molecule is CC(C)CC(O)CNC1CCN(C2CCCCC2C)CC1. The molecule has 0 aromatic rings. The second kappa shape index (κ2) is 8.50. The summed E-state index contributed by atoms with van der Waals surface area (Å²) in [7, 11) is 0. The van der Waals surface area contributed by atoms with Crippen LogP contribution in [0.5, 0.6) is 0 Å². The highest BCUT2D eigenvalue weighted by Gasteiger charge is 2.30. The third-order valence-corrected chi connectivity index (χ3v) is 5.45. The first kappa shape index (κ1) is 17.2. The fraction of sp³-hybridized carbons (Fsp3) is 1.00. The van der Waals surface area contributed by atoms with Gasteiger partial charge in [0.05, 0.1) is 6.10 Å². The van der Waals surface area contributed by atoms with Gasteiger partial charge < -0.3 is 15.3 Å². The van der Waals surface area contributed by atoms with Crippen LogP contribution in [0.1, 0.15) is 65.7 Å². The van der Waals surface area contributed by atoms with Gasteiger partial charge in [0.1, 0.15) is 0 Å². The van der Waals surface area contributed by atoms with Crippen LogP contribution in [0.15, 0.2) is 0 Å². The zero-order valence-electron chi connectivity index (χ0n) is 14.4. The van der Waals surface area contributed by atoms with Crippen molar-refractivity contribution in [2.75, 3.05) is 19.6 Å². The molecule has 0 spiro atoms. The molecule has 3 atom stereocenters. The maximum Gasteiger partial charge on any atom is 0.0667 e. The number of likely N-dealkylation sites (tertiary alicyclic amines) is 1. The average molecular weight is 296 g/mol. The highest BCUT2D eigenvalue weighted by Crippen LogP contribution is 2.29. The maximum absolute atomic E-state index is 9.97. The Kier molecular flexibility index (Phi) is 6.97. The van der Waals surface area contributed by atoms with E-state index in [1.54, 1.807) is 0 Å². The van der Waals surface area contributed by atoms with Crippen molar-refractivity contribution >= 4 is 0 Å². The van der Waals surface area contributed by atoms with E-state index in [-0.39, 0.29) is 6.10 Å². The summed E-state index contributed by atoms with van der Waals surface area (Å²) in [6, 6.07) is 1.45. The van der Waals surface area contributed by atoms with Gasteiger partial charge in [0.2, 0.25) is 0 Å². The molecule has 2 N–H and O–H groups in total. The summed E-state index contributed by atoms with van der Waals surface area (Å²) in [4.78, 5) is 2.74. The van der Waals surface area contributed by atoms with Crippen molar-refractivity contribution in [2.45, 2.75) is 83.9 Å². The Morgan fingerprint density at radius 1 is 1.10 bits per heavy atom. The molecule has 124 valence electrons. The van der Waals surface area contributed by atoms with Crippen LogP contribution in [0, 0.1) is 11.8 Å². The third kappa shape index (κ3) is 5.54. The smallest absolute Gasteiger partial charge is 0.0667 e. The van der Waals surface area contributed by atoms with Gasteiger partial charge in [-0.1, -0.05) is 33.6 Å². The van der Waals surface area contributed by atoms with Crippen LogP contribution in [0.25, 0.3) is 0 Å². The van der Waals surface area contributed by atoms with E-state index in [1.807, 2.05) is 0 Å². The molecule has 3 heteroatoms. The lowest BCUT2D eigenvalue weighted by atomic mass is 9.84. The van der Waals surface area contributed by atoms with E-state index in [9.17, 15) is 5.11 Å². The van der Waals surface area contributed by atoms with E-state index in [2.05, 4.69) is 31.0 Å². The number of nitrogens with one attached hydrogen (secondary N) is 1. The highest BCUT2D eigenvalue weighted by molar-refractivity contribution is 4.86. The minimum Gasteiger partial charge on any atom is -0.392 e. The van der Waals surface area contributed by atoms with Gasteiger partial charge in [0, 0.05) is 18.6 Å². The molecule has 21 heavy (non-hydrogen) atoms. The fourth-order valence-corrected chi connectivity index (χ4v) is 4.20. The average Bonchev–Trinajstić information content (AvgIpc) is 2.46. The Labute approximate surface area is 131 Å². The molecule has 0 aromatic carbocycles. The topological polar surface area (TPSA) is 35.5 Å². The molecular formula is C18H36N2O. The van der Waals surface area contributed by atoms with E-state index in [0.29, 0.717) is 12.0 Å². The molecule has 2 rings (SSSR count). The third-order valence-electron chi connectivity index (χ3n) is 5.45. The zero-order chi connectivity index (χ0) is 15.2. The van der Waals surface area contributed by atoms with Gasteiger partial charge in [-0.3, -0.25) is 0 Å². The van der Waals surface area contributed by atoms with Crippen LogP contribution in [-0.4, -0.2) is 47.8 Å². The molecule has 1 aliphatic carbocycles. The summed E-state index contributed by atoms with van der Waals surface area (Å²) in [5.74, 6) is 1.47. The second-order valence-corrected chi connectivity index (χ2v) is 7.83. The van der Waals surface area contributed by atoms with Gasteiger partial charge >= 0.3 is 0 Å². The quantitative estimate of drug-likeness (QED) is 0.791. The standard InChI is InChI=1S/C18H36N2O/c1-14(2)12-17(21)13-19-16-8-10-20(11-9-16)18-7-5-4-6-15(18)3/h14-19,21H,4-13H2,1-3H3. The molecule has 0 bridgehead atoms. The number of nitrogens with zero attached hydrogens (tertiary/aromatic N) is 1. The van der Waals surface area contributed by atoms with Crippen LogP contribution in [0.3, 0.4) is 0 Å². The van der Waals surface area contributed by atoms with Gasteiger partial charge in [-0.25, -0.2) is 0 Å². The highest BCUT2D eigenvalue weighted by atomic mass is 16.3. The van der Waals surface area contributed by atoms with E-state index in [1.165, 1.54) is 51.6 Å². The van der Waals surface area contributed by atoms with Gasteiger partial charge in [-0.2, -0.15) is 0 Å². The Morgan fingerprint density at radius 2 is 1.76 bits per heavy atom. The molecule has 1 heterocycles. The number of aliphatic hydroxyl groups excluding tert-OH is 1. The summed E-state index contributed by atoms with van der Waals surface area (Å²) in [5.41, 5.74) is 0. The minimum atomic E-state index is -0.179. The van der Waals surface area contributed by atoms with Crippen LogP contribution >= 0.6 is 0 Å². The Balaban J connectivity index is 1.66. The summed E-state index contributed by atoms with van der Waals surface area (Å²) in [5, 5.41) is 13.6. The van der Waals surface area contributed by atoms with Crippen LogP contribution in [-0.2, 0) is 0 Å². The van der Waals surface area contributed by atoms with Gasteiger partial charge in [0.15, 0.2) is 0 Å². The summed E-state index contributed by atoms with van der Waals surface area (Å²) in [6.45, 7) is 10.0. The molecule has 1 saturated heterocycles. The van der Waals surface area contributed by atoms with Crippen LogP contribution < -0.4 is 5.32 Å². The van der Waals surface area contributed by atoms with Gasteiger partial charge in [0.25, 0.3) is 0 Å². The Morgan fingerprint density at radius 3 is 2.38 bits per heavy atom. The first-order valence-corrected chi connectivity index (χ1v) is 9.21. The van der Waals surface area contributed by atoms with Crippen molar-refractivity contribution in [3.05, 3.63) is 0 Å². The Hall–Kier alpha value is -0.120. The normalized spacial score (nSPS) is 30.7. The molecule has 3 nitrogen and oxygen atoms in total. The lowest BCUT2D eigenvalue weighted by molar-refractivity contribution is 0.0766. The largest absolute Gasteiger partial charge is 0.392 e. The summed E-state index contributed by atoms with van der Waals surface area (Å²) < 4.78 is 0. The molecule has 0 radical (unpaired) electrons. The fourth-order valence-electron chi connectivity index (χ4n) is 4.20. The number of aliphatic hydroxyl groups is 1. The molecular weight excluding hydrogens is 260 g/mol. The van der Waals surface area contributed by atoms with Crippen molar-refractivity contribution in [1.82, 2.24) is 10.2 Å².